The molecule has 2 atom stereocenters. The third-order valence-electron chi connectivity index (χ3n) is 3.31. The highest BCUT2D eigenvalue weighted by molar-refractivity contribution is 7.87. The first kappa shape index (κ1) is 11.9. The second-order valence-electron chi connectivity index (χ2n) is 4.39. The van der Waals surface area contributed by atoms with Crippen molar-refractivity contribution in [3.05, 3.63) is 12.2 Å². The fourth-order valence-electron chi connectivity index (χ4n) is 2.53. The number of alkyl halides is 3. The third kappa shape index (κ3) is 1.66. The molecule has 0 radical (unpaired) electrons. The fraction of sp³-hybridized carbons (Fsp3) is 0.778. The van der Waals surface area contributed by atoms with E-state index in [4.69, 9.17) is 0 Å². The maximum Gasteiger partial charge on any atom is 0.523 e. The minimum Gasteiger partial charge on any atom is -0.252 e. The first-order valence-electron chi connectivity index (χ1n) is 4.86. The van der Waals surface area contributed by atoms with Crippen LogP contribution in [0.25, 0.3) is 0 Å². The fourth-order valence-corrected chi connectivity index (χ4v) is 3.31. The van der Waals surface area contributed by atoms with Gasteiger partial charge in [-0.15, -0.1) is 0 Å². The van der Waals surface area contributed by atoms with E-state index >= 15 is 0 Å². The molecule has 0 heterocycles. The van der Waals surface area contributed by atoms with Gasteiger partial charge >= 0.3 is 15.6 Å². The SMILES string of the molecule is C=C1CC2CCC1(OS(=O)(=O)C(F)(F)F)C2. The molecular weight excluding hydrogens is 245 g/mol. The lowest BCUT2D eigenvalue weighted by Gasteiger charge is -2.28. The predicted molar refractivity (Wildman–Crippen MR) is 49.9 cm³/mol. The molecule has 2 aliphatic rings. The van der Waals surface area contributed by atoms with E-state index in [1.54, 1.807) is 0 Å². The molecule has 2 saturated carbocycles. The average Bonchev–Trinajstić information content (AvgIpc) is 2.57. The number of hydrogen-bond acceptors (Lipinski definition) is 3. The van der Waals surface area contributed by atoms with Crippen molar-refractivity contribution in [1.82, 2.24) is 0 Å². The van der Waals surface area contributed by atoms with Gasteiger partial charge in [-0.2, -0.15) is 21.6 Å². The molecule has 2 fully saturated rings. The Bertz CT molecular complexity index is 426. The second kappa shape index (κ2) is 3.22. The molecule has 7 heteroatoms. The Morgan fingerprint density at radius 3 is 2.44 bits per heavy atom. The van der Waals surface area contributed by atoms with Gasteiger partial charge in [0.2, 0.25) is 0 Å². The zero-order valence-electron chi connectivity index (χ0n) is 8.38. The zero-order chi connectivity index (χ0) is 12.2. The zero-order valence-corrected chi connectivity index (χ0v) is 9.20. The monoisotopic (exact) mass is 256 g/mol. The van der Waals surface area contributed by atoms with Crippen LogP contribution in [0.2, 0.25) is 0 Å². The van der Waals surface area contributed by atoms with Gasteiger partial charge < -0.3 is 0 Å². The molecule has 0 N–H and O–H groups in total. The molecule has 0 aromatic heterocycles. The average molecular weight is 256 g/mol. The molecule has 0 amide bonds. The Labute approximate surface area is 91.4 Å². The molecule has 2 aliphatic carbocycles. The van der Waals surface area contributed by atoms with Crippen molar-refractivity contribution < 1.29 is 25.8 Å². The largest absolute Gasteiger partial charge is 0.523 e. The first-order chi connectivity index (χ1) is 7.16. The molecule has 0 aromatic rings. The summed E-state index contributed by atoms with van der Waals surface area (Å²) in [4.78, 5) is 0. The number of halogens is 3. The minimum absolute atomic E-state index is 0.218. The lowest BCUT2D eigenvalue weighted by Crippen LogP contribution is -2.37. The summed E-state index contributed by atoms with van der Waals surface area (Å²) in [6.45, 7) is 3.62. The Morgan fingerprint density at radius 2 is 2.06 bits per heavy atom. The summed E-state index contributed by atoms with van der Waals surface area (Å²) < 4.78 is 62.9. The molecule has 0 aliphatic heterocycles. The molecule has 0 spiro atoms. The van der Waals surface area contributed by atoms with E-state index in [9.17, 15) is 21.6 Å². The summed E-state index contributed by atoms with van der Waals surface area (Å²) in [5, 5.41) is 0. The maximum absolute atomic E-state index is 12.2. The molecule has 2 unspecified atom stereocenters. The van der Waals surface area contributed by atoms with Gasteiger partial charge in [-0.05, 0) is 37.2 Å². The topological polar surface area (TPSA) is 43.4 Å². The van der Waals surface area contributed by atoms with Crippen LogP contribution in [-0.2, 0) is 14.3 Å². The van der Waals surface area contributed by atoms with Crippen molar-refractivity contribution in [2.24, 2.45) is 5.92 Å². The van der Waals surface area contributed by atoms with Crippen LogP contribution in [0.5, 0.6) is 0 Å². The second-order valence-corrected chi connectivity index (χ2v) is 5.93. The van der Waals surface area contributed by atoms with Crippen molar-refractivity contribution in [3.8, 4) is 0 Å². The Morgan fingerprint density at radius 1 is 1.44 bits per heavy atom. The van der Waals surface area contributed by atoms with Crippen LogP contribution >= 0.6 is 0 Å². The van der Waals surface area contributed by atoms with Gasteiger partial charge in [-0.25, -0.2) is 0 Å². The number of hydrogen-bond donors (Lipinski definition) is 0. The quantitative estimate of drug-likeness (QED) is 0.432. The van der Waals surface area contributed by atoms with E-state index < -0.39 is 21.2 Å². The van der Waals surface area contributed by atoms with E-state index in [0.29, 0.717) is 31.3 Å². The first-order valence-corrected chi connectivity index (χ1v) is 6.27. The van der Waals surface area contributed by atoms with Crippen molar-refractivity contribution in [3.63, 3.8) is 0 Å². The van der Waals surface area contributed by atoms with E-state index in [1.165, 1.54) is 0 Å². The standard InChI is InChI=1S/C9H11F3O3S/c1-6-4-7-2-3-8(6,5-7)15-16(13,14)9(10,11)12/h7H,1-5H2. The molecule has 3 nitrogen and oxygen atoms in total. The van der Waals surface area contributed by atoms with Crippen LogP contribution in [0, 0.1) is 5.92 Å². The molecule has 0 saturated heterocycles. The predicted octanol–water partition coefficient (Wildman–Crippen LogP) is 2.35. The number of rotatable bonds is 2. The number of fused-ring (bicyclic) bond motifs is 2. The highest BCUT2D eigenvalue weighted by atomic mass is 32.2. The summed E-state index contributed by atoms with van der Waals surface area (Å²) in [7, 11) is -5.52. The van der Waals surface area contributed by atoms with Gasteiger partial charge in [0.05, 0.1) is 0 Å². The lowest BCUT2D eigenvalue weighted by atomic mass is 9.93. The van der Waals surface area contributed by atoms with Crippen LogP contribution in [0.4, 0.5) is 13.2 Å². The summed E-state index contributed by atoms with van der Waals surface area (Å²) >= 11 is 0. The van der Waals surface area contributed by atoms with E-state index in [1.807, 2.05) is 0 Å². The summed E-state index contributed by atoms with van der Waals surface area (Å²) in [5.41, 5.74) is -6.18. The van der Waals surface area contributed by atoms with Gasteiger partial charge in [0, 0.05) is 0 Å². The van der Waals surface area contributed by atoms with Crippen molar-refractivity contribution in [2.75, 3.05) is 0 Å². The van der Waals surface area contributed by atoms with E-state index in [0.717, 1.165) is 0 Å². The van der Waals surface area contributed by atoms with Gasteiger partial charge in [-0.1, -0.05) is 6.58 Å². The Balaban J connectivity index is 2.26. The van der Waals surface area contributed by atoms with Gasteiger partial charge in [0.15, 0.2) is 0 Å². The molecule has 2 rings (SSSR count). The molecule has 0 aromatic carbocycles. The summed E-state index contributed by atoms with van der Waals surface area (Å²) in [6, 6.07) is 0. The summed E-state index contributed by atoms with van der Waals surface area (Å²) in [5.74, 6) is 0.218. The lowest BCUT2D eigenvalue weighted by molar-refractivity contribution is -0.0615. The molecule has 16 heavy (non-hydrogen) atoms. The van der Waals surface area contributed by atoms with Gasteiger partial charge in [0.1, 0.15) is 5.60 Å². The van der Waals surface area contributed by atoms with Crippen LogP contribution in [0.15, 0.2) is 12.2 Å². The van der Waals surface area contributed by atoms with Crippen molar-refractivity contribution in [1.29, 1.82) is 0 Å². The Hall–Kier alpha value is -0.560. The molecule has 92 valence electrons. The summed E-state index contributed by atoms with van der Waals surface area (Å²) in [6.07, 6.45) is 1.91. The third-order valence-corrected chi connectivity index (χ3v) is 4.41. The van der Waals surface area contributed by atoms with E-state index in [2.05, 4.69) is 10.8 Å². The minimum atomic E-state index is -5.52. The van der Waals surface area contributed by atoms with Crippen LogP contribution in [0.3, 0.4) is 0 Å². The normalized spacial score (nSPS) is 34.7. The molecule has 2 bridgehead atoms. The molecular formula is C9H11F3O3S. The highest BCUT2D eigenvalue weighted by Gasteiger charge is 2.57. The maximum atomic E-state index is 12.2. The van der Waals surface area contributed by atoms with Gasteiger partial charge in [0.25, 0.3) is 0 Å². The highest BCUT2D eigenvalue weighted by Crippen LogP contribution is 2.54. The van der Waals surface area contributed by atoms with Crippen LogP contribution < -0.4 is 0 Å². The van der Waals surface area contributed by atoms with E-state index in [-0.39, 0.29) is 5.92 Å². The van der Waals surface area contributed by atoms with Gasteiger partial charge in [-0.3, -0.25) is 4.18 Å². The van der Waals surface area contributed by atoms with Crippen molar-refractivity contribution >= 4 is 10.1 Å². The smallest absolute Gasteiger partial charge is 0.252 e. The van der Waals surface area contributed by atoms with Crippen LogP contribution in [0.1, 0.15) is 25.7 Å². The van der Waals surface area contributed by atoms with Crippen LogP contribution in [-0.4, -0.2) is 19.5 Å². The Kier molecular flexibility index (Phi) is 2.40. The van der Waals surface area contributed by atoms with Crippen molar-refractivity contribution in [2.45, 2.75) is 36.8 Å².